The highest BCUT2D eigenvalue weighted by Gasteiger charge is 2.28. The molecule has 0 saturated carbocycles. The van der Waals surface area contributed by atoms with Crippen molar-refractivity contribution in [3.05, 3.63) is 58.0 Å². The first-order chi connectivity index (χ1) is 9.94. The van der Waals surface area contributed by atoms with Crippen LogP contribution in [0.3, 0.4) is 0 Å². The second-order valence-corrected chi connectivity index (χ2v) is 6.78. The molecule has 21 heavy (non-hydrogen) atoms. The first-order valence-electron chi connectivity index (χ1n) is 7.13. The van der Waals surface area contributed by atoms with E-state index < -0.39 is 0 Å². The molecule has 0 spiro atoms. The van der Waals surface area contributed by atoms with E-state index in [1.54, 1.807) is 6.26 Å². The highest BCUT2D eigenvalue weighted by Crippen LogP contribution is 2.23. The summed E-state index contributed by atoms with van der Waals surface area (Å²) in [6.45, 7) is 5.66. The molecule has 114 valence electrons. The van der Waals surface area contributed by atoms with E-state index >= 15 is 0 Å². The molecule has 2 aromatic rings. The van der Waals surface area contributed by atoms with E-state index in [9.17, 15) is 0 Å². The Morgan fingerprint density at radius 3 is 2.43 bits per heavy atom. The van der Waals surface area contributed by atoms with Crippen molar-refractivity contribution in [2.75, 3.05) is 13.6 Å². The Labute approximate surface area is 135 Å². The maximum Gasteiger partial charge on any atom is 0.105 e. The third kappa shape index (κ3) is 3.96. The fourth-order valence-electron chi connectivity index (χ4n) is 2.43. The number of benzene rings is 1. The molecule has 0 aliphatic rings. The van der Waals surface area contributed by atoms with E-state index in [4.69, 9.17) is 10.2 Å². The van der Waals surface area contributed by atoms with Gasteiger partial charge in [0.1, 0.15) is 5.76 Å². The summed E-state index contributed by atoms with van der Waals surface area (Å²) >= 11 is 3.47. The lowest BCUT2D eigenvalue weighted by Gasteiger charge is -2.38. The number of hydrogen-bond acceptors (Lipinski definition) is 3. The van der Waals surface area contributed by atoms with Gasteiger partial charge >= 0.3 is 0 Å². The predicted octanol–water partition coefficient (Wildman–Crippen LogP) is 3.74. The van der Waals surface area contributed by atoms with E-state index in [0.29, 0.717) is 6.54 Å². The molecule has 2 rings (SSSR count). The lowest BCUT2D eigenvalue weighted by molar-refractivity contribution is 0.135. The van der Waals surface area contributed by atoms with Crippen LogP contribution in [0.15, 0.2) is 45.5 Å². The Balaban J connectivity index is 2.12. The summed E-state index contributed by atoms with van der Waals surface area (Å²) in [6.07, 6.45) is 2.66. The summed E-state index contributed by atoms with van der Waals surface area (Å²) < 4.78 is 6.48. The molecule has 0 amide bonds. The molecule has 1 heterocycles. The zero-order valence-corrected chi connectivity index (χ0v) is 14.5. The van der Waals surface area contributed by atoms with Gasteiger partial charge in [-0.15, -0.1) is 0 Å². The van der Waals surface area contributed by atoms with E-state index in [-0.39, 0.29) is 5.54 Å². The molecule has 4 heteroatoms. The molecular weight excluding hydrogens is 328 g/mol. The minimum Gasteiger partial charge on any atom is -0.469 e. The van der Waals surface area contributed by atoms with Crippen LogP contribution in [0.5, 0.6) is 0 Å². The molecule has 0 radical (unpaired) electrons. The van der Waals surface area contributed by atoms with Gasteiger partial charge in [-0.3, -0.25) is 4.90 Å². The number of aryl methyl sites for hydroxylation is 1. The van der Waals surface area contributed by atoms with E-state index in [1.165, 1.54) is 11.1 Å². The minimum atomic E-state index is -0.0858. The Morgan fingerprint density at radius 1 is 1.24 bits per heavy atom. The molecule has 1 aromatic heterocycles. The van der Waals surface area contributed by atoms with Crippen molar-refractivity contribution in [1.29, 1.82) is 0 Å². The van der Waals surface area contributed by atoms with Gasteiger partial charge < -0.3 is 10.2 Å². The molecule has 2 N–H and O–H groups in total. The summed E-state index contributed by atoms with van der Waals surface area (Å²) in [5.74, 6) is 0.977. The van der Waals surface area contributed by atoms with Gasteiger partial charge in [-0.05, 0) is 51.1 Å². The second-order valence-electron chi connectivity index (χ2n) is 5.86. The van der Waals surface area contributed by atoms with Crippen molar-refractivity contribution in [3.63, 3.8) is 0 Å². The monoisotopic (exact) mass is 350 g/mol. The van der Waals surface area contributed by atoms with Gasteiger partial charge in [0.15, 0.2) is 0 Å². The van der Waals surface area contributed by atoms with Gasteiger partial charge in [-0.1, -0.05) is 28.1 Å². The topological polar surface area (TPSA) is 42.4 Å². The third-order valence-electron chi connectivity index (χ3n) is 4.23. The van der Waals surface area contributed by atoms with Gasteiger partial charge in [0.05, 0.1) is 6.26 Å². The molecule has 0 saturated heterocycles. The van der Waals surface area contributed by atoms with E-state index in [2.05, 4.69) is 59.1 Å². The Kier molecular flexibility index (Phi) is 5.25. The van der Waals surface area contributed by atoms with Crippen molar-refractivity contribution in [3.8, 4) is 0 Å². The van der Waals surface area contributed by atoms with Crippen LogP contribution in [0, 0.1) is 6.92 Å². The second kappa shape index (κ2) is 6.77. The van der Waals surface area contributed by atoms with Crippen molar-refractivity contribution in [2.24, 2.45) is 5.73 Å². The van der Waals surface area contributed by atoms with Crippen LogP contribution in [0.4, 0.5) is 0 Å². The Bertz CT molecular complexity index is 579. The van der Waals surface area contributed by atoms with Gasteiger partial charge in [0, 0.05) is 28.7 Å². The average Bonchev–Trinajstić information content (AvgIpc) is 2.86. The maximum absolute atomic E-state index is 6.08. The Hall–Kier alpha value is -1.10. The molecule has 0 bridgehead atoms. The highest BCUT2D eigenvalue weighted by molar-refractivity contribution is 9.10. The van der Waals surface area contributed by atoms with Gasteiger partial charge in [0.25, 0.3) is 0 Å². The molecule has 1 aromatic carbocycles. The lowest BCUT2D eigenvalue weighted by atomic mass is 9.91. The molecule has 1 atom stereocenters. The standard InChI is InChI=1S/C17H23BrN2O/c1-13-15(8-9-21-13)11-20(3)17(2,12-19)10-14-4-6-16(18)7-5-14/h4-9H,10-12,19H2,1-3H3. The number of rotatable bonds is 6. The number of hydrogen-bond donors (Lipinski definition) is 1. The number of halogens is 1. The average molecular weight is 351 g/mol. The van der Waals surface area contributed by atoms with Crippen LogP contribution in [-0.2, 0) is 13.0 Å². The maximum atomic E-state index is 6.08. The van der Waals surface area contributed by atoms with Gasteiger partial charge in [-0.2, -0.15) is 0 Å². The van der Waals surface area contributed by atoms with Gasteiger partial charge in [0.2, 0.25) is 0 Å². The lowest BCUT2D eigenvalue weighted by Crippen LogP contribution is -2.50. The summed E-state index contributed by atoms with van der Waals surface area (Å²) in [4.78, 5) is 2.31. The number of nitrogens with zero attached hydrogens (tertiary/aromatic N) is 1. The van der Waals surface area contributed by atoms with Crippen LogP contribution >= 0.6 is 15.9 Å². The molecule has 3 nitrogen and oxygen atoms in total. The number of likely N-dealkylation sites (N-methyl/N-ethyl adjacent to an activating group) is 1. The molecule has 0 aliphatic carbocycles. The normalized spacial score (nSPS) is 14.4. The van der Waals surface area contributed by atoms with Crippen molar-refractivity contribution in [2.45, 2.75) is 32.4 Å². The first kappa shape index (κ1) is 16.3. The zero-order valence-electron chi connectivity index (χ0n) is 12.9. The minimum absolute atomic E-state index is 0.0858. The predicted molar refractivity (Wildman–Crippen MR) is 90.2 cm³/mol. The van der Waals surface area contributed by atoms with E-state index in [1.807, 2.05) is 13.0 Å². The van der Waals surface area contributed by atoms with Crippen LogP contribution in [-0.4, -0.2) is 24.0 Å². The Morgan fingerprint density at radius 2 is 1.90 bits per heavy atom. The third-order valence-corrected chi connectivity index (χ3v) is 4.76. The summed E-state index contributed by atoms with van der Waals surface area (Å²) in [6, 6.07) is 10.5. The summed E-state index contributed by atoms with van der Waals surface area (Å²) in [5, 5.41) is 0. The van der Waals surface area contributed by atoms with Crippen LogP contribution < -0.4 is 5.73 Å². The van der Waals surface area contributed by atoms with Crippen molar-refractivity contribution < 1.29 is 4.42 Å². The highest BCUT2D eigenvalue weighted by atomic mass is 79.9. The van der Waals surface area contributed by atoms with E-state index in [0.717, 1.165) is 23.2 Å². The smallest absolute Gasteiger partial charge is 0.105 e. The van der Waals surface area contributed by atoms with Crippen LogP contribution in [0.1, 0.15) is 23.8 Å². The summed E-state index contributed by atoms with van der Waals surface area (Å²) in [5.41, 5.74) is 8.50. The van der Waals surface area contributed by atoms with Crippen molar-refractivity contribution in [1.82, 2.24) is 4.90 Å². The summed E-state index contributed by atoms with van der Waals surface area (Å²) in [7, 11) is 2.12. The van der Waals surface area contributed by atoms with Crippen LogP contribution in [0.2, 0.25) is 0 Å². The van der Waals surface area contributed by atoms with Gasteiger partial charge in [-0.25, -0.2) is 0 Å². The quantitative estimate of drug-likeness (QED) is 0.862. The molecule has 0 fully saturated rings. The fraction of sp³-hybridized carbons (Fsp3) is 0.412. The molecule has 0 aliphatic heterocycles. The van der Waals surface area contributed by atoms with Crippen molar-refractivity contribution >= 4 is 15.9 Å². The molecule has 1 unspecified atom stereocenters. The first-order valence-corrected chi connectivity index (χ1v) is 7.92. The van der Waals surface area contributed by atoms with Crippen LogP contribution in [0.25, 0.3) is 0 Å². The zero-order chi connectivity index (χ0) is 15.5. The number of nitrogens with two attached hydrogens (primary N) is 1. The SMILES string of the molecule is Cc1occc1CN(C)C(C)(CN)Cc1ccc(Br)cc1. The fourth-order valence-corrected chi connectivity index (χ4v) is 2.69. The largest absolute Gasteiger partial charge is 0.469 e. The molecular formula is C17H23BrN2O. The number of furan rings is 1.